The molecule has 0 saturated carbocycles. The van der Waals surface area contributed by atoms with Gasteiger partial charge in [-0.15, -0.1) is 0 Å². The van der Waals surface area contributed by atoms with Crippen molar-refractivity contribution in [3.05, 3.63) is 0 Å². The normalized spacial score (nSPS) is 36.1. The van der Waals surface area contributed by atoms with Gasteiger partial charge in [-0.05, 0) is 33.6 Å². The minimum Gasteiger partial charge on any atom is -0.466 e. The first-order valence-corrected chi connectivity index (χ1v) is 6.50. The largest absolute Gasteiger partial charge is 0.466 e. The number of hydrogen-bond donors (Lipinski definition) is 1. The maximum absolute atomic E-state index is 12.0. The smallest absolute Gasteiger partial charge is 0.310 e. The first kappa shape index (κ1) is 12.8. The van der Waals surface area contributed by atoms with Crippen LogP contribution >= 0.6 is 0 Å². The van der Waals surface area contributed by atoms with Crippen LogP contribution in [-0.2, 0) is 14.3 Å². The van der Waals surface area contributed by atoms with Crippen molar-refractivity contribution in [3.8, 4) is 0 Å². The molecule has 0 aromatic heterocycles. The Morgan fingerprint density at radius 1 is 1.53 bits per heavy atom. The Morgan fingerprint density at radius 3 is 2.94 bits per heavy atom. The van der Waals surface area contributed by atoms with Crippen molar-refractivity contribution in [1.29, 1.82) is 0 Å². The van der Waals surface area contributed by atoms with Gasteiger partial charge in [-0.1, -0.05) is 0 Å². The fourth-order valence-electron chi connectivity index (χ4n) is 3.35. The van der Waals surface area contributed by atoms with Crippen LogP contribution in [0.1, 0.15) is 33.6 Å². The number of ether oxygens (including phenoxy) is 2. The van der Waals surface area contributed by atoms with E-state index < -0.39 is 0 Å². The molecule has 1 spiro atoms. The molecule has 2 atom stereocenters. The number of hydrogen-bond acceptors (Lipinski definition) is 4. The molecule has 2 rings (SSSR count). The molecule has 0 aliphatic carbocycles. The molecule has 0 amide bonds. The second kappa shape index (κ2) is 4.58. The SMILES string of the molecule is CCOC(=O)C1CNCC12CCOC(C)(C)C2. The lowest BCUT2D eigenvalue weighted by molar-refractivity contribution is -0.159. The number of carbonyl (C=O) groups excluding carboxylic acids is 1. The zero-order chi connectivity index (χ0) is 12.5. The second-order valence-corrected chi connectivity index (χ2v) is 5.83. The Bertz CT molecular complexity index is 303. The van der Waals surface area contributed by atoms with Crippen LogP contribution in [0.15, 0.2) is 0 Å². The highest BCUT2D eigenvalue weighted by atomic mass is 16.5. The summed E-state index contributed by atoms with van der Waals surface area (Å²) in [5.41, 5.74) is -0.0942. The van der Waals surface area contributed by atoms with Gasteiger partial charge in [-0.25, -0.2) is 0 Å². The Hall–Kier alpha value is -0.610. The molecule has 17 heavy (non-hydrogen) atoms. The molecule has 0 radical (unpaired) electrons. The van der Waals surface area contributed by atoms with Crippen LogP contribution in [0.25, 0.3) is 0 Å². The topological polar surface area (TPSA) is 47.6 Å². The van der Waals surface area contributed by atoms with Gasteiger partial charge in [0.15, 0.2) is 0 Å². The van der Waals surface area contributed by atoms with Gasteiger partial charge in [-0.2, -0.15) is 0 Å². The highest BCUT2D eigenvalue weighted by molar-refractivity contribution is 5.74. The van der Waals surface area contributed by atoms with Crippen molar-refractivity contribution in [2.24, 2.45) is 11.3 Å². The summed E-state index contributed by atoms with van der Waals surface area (Å²) in [6, 6.07) is 0. The molecule has 98 valence electrons. The molecule has 2 fully saturated rings. The van der Waals surface area contributed by atoms with Crippen molar-refractivity contribution in [2.75, 3.05) is 26.3 Å². The van der Waals surface area contributed by atoms with E-state index >= 15 is 0 Å². The summed E-state index contributed by atoms with van der Waals surface area (Å²) in [6.45, 7) is 8.93. The number of nitrogens with one attached hydrogen (secondary N) is 1. The van der Waals surface area contributed by atoms with E-state index in [0.717, 1.165) is 32.5 Å². The third-order valence-electron chi connectivity index (χ3n) is 4.01. The summed E-state index contributed by atoms with van der Waals surface area (Å²) in [5.74, 6) is -0.0548. The Balaban J connectivity index is 2.14. The van der Waals surface area contributed by atoms with Crippen LogP contribution in [0.3, 0.4) is 0 Å². The molecule has 4 nitrogen and oxygen atoms in total. The van der Waals surface area contributed by atoms with E-state index in [-0.39, 0.29) is 22.9 Å². The molecule has 1 N–H and O–H groups in total. The minimum absolute atomic E-state index is 0.00868. The van der Waals surface area contributed by atoms with Crippen molar-refractivity contribution in [1.82, 2.24) is 5.32 Å². The van der Waals surface area contributed by atoms with Crippen LogP contribution in [-0.4, -0.2) is 37.9 Å². The van der Waals surface area contributed by atoms with Crippen molar-refractivity contribution < 1.29 is 14.3 Å². The fraction of sp³-hybridized carbons (Fsp3) is 0.923. The molecule has 2 saturated heterocycles. The average molecular weight is 241 g/mol. The van der Waals surface area contributed by atoms with E-state index in [0.29, 0.717) is 6.61 Å². The Morgan fingerprint density at radius 2 is 2.29 bits per heavy atom. The van der Waals surface area contributed by atoms with Crippen LogP contribution < -0.4 is 5.32 Å². The van der Waals surface area contributed by atoms with E-state index in [1.807, 2.05) is 6.92 Å². The van der Waals surface area contributed by atoms with E-state index in [1.165, 1.54) is 0 Å². The van der Waals surface area contributed by atoms with Crippen LogP contribution in [0.2, 0.25) is 0 Å². The van der Waals surface area contributed by atoms with Gasteiger partial charge < -0.3 is 14.8 Å². The van der Waals surface area contributed by atoms with E-state index in [4.69, 9.17) is 9.47 Å². The summed E-state index contributed by atoms with van der Waals surface area (Å²) in [4.78, 5) is 12.0. The summed E-state index contributed by atoms with van der Waals surface area (Å²) in [7, 11) is 0. The lowest BCUT2D eigenvalue weighted by Crippen LogP contribution is -2.47. The lowest BCUT2D eigenvalue weighted by atomic mass is 9.67. The minimum atomic E-state index is -0.130. The summed E-state index contributed by atoms with van der Waals surface area (Å²) < 4.78 is 11.0. The van der Waals surface area contributed by atoms with Gasteiger partial charge in [0.25, 0.3) is 0 Å². The Labute approximate surface area is 103 Å². The van der Waals surface area contributed by atoms with E-state index in [1.54, 1.807) is 0 Å². The van der Waals surface area contributed by atoms with Gasteiger partial charge >= 0.3 is 5.97 Å². The predicted octanol–water partition coefficient (Wildman–Crippen LogP) is 1.34. The number of carbonyl (C=O) groups is 1. The van der Waals surface area contributed by atoms with Crippen LogP contribution in [0.4, 0.5) is 0 Å². The van der Waals surface area contributed by atoms with Gasteiger partial charge in [0.1, 0.15) is 0 Å². The van der Waals surface area contributed by atoms with Gasteiger partial charge in [0, 0.05) is 25.1 Å². The maximum atomic E-state index is 12.0. The molecular weight excluding hydrogens is 218 g/mol. The van der Waals surface area contributed by atoms with E-state index in [2.05, 4.69) is 19.2 Å². The van der Waals surface area contributed by atoms with Crippen LogP contribution in [0.5, 0.6) is 0 Å². The van der Waals surface area contributed by atoms with Gasteiger partial charge in [0.2, 0.25) is 0 Å². The van der Waals surface area contributed by atoms with Crippen molar-refractivity contribution >= 4 is 5.97 Å². The third-order valence-corrected chi connectivity index (χ3v) is 4.01. The van der Waals surface area contributed by atoms with Gasteiger partial charge in [-0.3, -0.25) is 4.79 Å². The molecule has 0 bridgehead atoms. The molecule has 0 aromatic carbocycles. The highest BCUT2D eigenvalue weighted by Crippen LogP contribution is 2.46. The summed E-state index contributed by atoms with van der Waals surface area (Å²) >= 11 is 0. The lowest BCUT2D eigenvalue weighted by Gasteiger charge is -2.44. The van der Waals surface area contributed by atoms with E-state index in [9.17, 15) is 4.79 Å². The molecule has 2 heterocycles. The molecule has 4 heteroatoms. The summed E-state index contributed by atoms with van der Waals surface area (Å²) in [5, 5.41) is 3.35. The van der Waals surface area contributed by atoms with Crippen LogP contribution in [0, 0.1) is 11.3 Å². The molecule has 2 aliphatic rings. The first-order chi connectivity index (χ1) is 7.99. The quantitative estimate of drug-likeness (QED) is 0.741. The third kappa shape index (κ3) is 2.47. The number of rotatable bonds is 2. The molecule has 2 aliphatic heterocycles. The second-order valence-electron chi connectivity index (χ2n) is 5.83. The predicted molar refractivity (Wildman–Crippen MR) is 64.7 cm³/mol. The summed E-state index contributed by atoms with van der Waals surface area (Å²) in [6.07, 6.45) is 1.88. The van der Waals surface area contributed by atoms with Gasteiger partial charge in [0.05, 0.1) is 18.1 Å². The Kier molecular flexibility index (Phi) is 3.46. The van der Waals surface area contributed by atoms with Crippen molar-refractivity contribution in [3.63, 3.8) is 0 Å². The number of esters is 1. The molecular formula is C13H23NO3. The standard InChI is InChI=1S/C13H23NO3/c1-4-16-11(15)10-7-14-9-13(10)5-6-17-12(2,3)8-13/h10,14H,4-9H2,1-3H3. The fourth-order valence-corrected chi connectivity index (χ4v) is 3.35. The monoisotopic (exact) mass is 241 g/mol. The zero-order valence-corrected chi connectivity index (χ0v) is 11.0. The molecule has 2 unspecified atom stereocenters. The maximum Gasteiger partial charge on any atom is 0.310 e. The average Bonchev–Trinajstić information content (AvgIpc) is 2.59. The molecule has 0 aromatic rings. The first-order valence-electron chi connectivity index (χ1n) is 6.50. The zero-order valence-electron chi connectivity index (χ0n) is 11.0. The highest BCUT2D eigenvalue weighted by Gasteiger charge is 2.52. The van der Waals surface area contributed by atoms with Crippen molar-refractivity contribution in [2.45, 2.75) is 39.2 Å².